The summed E-state index contributed by atoms with van der Waals surface area (Å²) in [6.07, 6.45) is 0.912. The molecular weight excluding hydrogens is 230 g/mol. The topological polar surface area (TPSA) is 61.5 Å². The van der Waals surface area contributed by atoms with E-state index in [-0.39, 0.29) is 5.41 Å². The van der Waals surface area contributed by atoms with Gasteiger partial charge in [-0.1, -0.05) is 20.8 Å². The normalized spacial score (nSPS) is 11.1. The Bertz CT molecular complexity index is 422. The molecular formula is C14H21NO3. The fourth-order valence-electron chi connectivity index (χ4n) is 1.37. The first-order chi connectivity index (χ1) is 8.33. The molecule has 0 fully saturated rings. The zero-order valence-electron chi connectivity index (χ0n) is 11.4. The molecule has 1 aromatic rings. The summed E-state index contributed by atoms with van der Waals surface area (Å²) in [6, 6.07) is 4.89. The van der Waals surface area contributed by atoms with Crippen molar-refractivity contribution in [2.75, 3.05) is 19.5 Å². The van der Waals surface area contributed by atoms with Crippen LogP contribution in [-0.2, 0) is 4.74 Å². The summed E-state index contributed by atoms with van der Waals surface area (Å²) in [4.78, 5) is 11.4. The average molecular weight is 251 g/mol. The van der Waals surface area contributed by atoms with Crippen LogP contribution in [0.3, 0.4) is 0 Å². The van der Waals surface area contributed by atoms with Crippen LogP contribution in [0.1, 0.15) is 37.6 Å². The first-order valence-corrected chi connectivity index (χ1v) is 5.94. The van der Waals surface area contributed by atoms with E-state index in [0.29, 0.717) is 23.6 Å². The van der Waals surface area contributed by atoms with Gasteiger partial charge in [0.25, 0.3) is 0 Å². The van der Waals surface area contributed by atoms with Crippen LogP contribution < -0.4 is 10.5 Å². The van der Waals surface area contributed by atoms with Gasteiger partial charge in [-0.05, 0) is 30.0 Å². The lowest BCUT2D eigenvalue weighted by Crippen LogP contribution is -2.12. The van der Waals surface area contributed by atoms with Crippen molar-refractivity contribution >= 4 is 11.7 Å². The Morgan fingerprint density at radius 2 is 2.00 bits per heavy atom. The Morgan fingerprint density at radius 1 is 1.33 bits per heavy atom. The first-order valence-electron chi connectivity index (χ1n) is 5.94. The minimum atomic E-state index is -0.393. The van der Waals surface area contributed by atoms with Gasteiger partial charge in [-0.2, -0.15) is 0 Å². The smallest absolute Gasteiger partial charge is 0.337 e. The molecule has 0 aliphatic heterocycles. The van der Waals surface area contributed by atoms with Crippen molar-refractivity contribution in [1.29, 1.82) is 0 Å². The third kappa shape index (κ3) is 4.28. The number of hydrogen-bond donors (Lipinski definition) is 1. The lowest BCUT2D eigenvalue weighted by molar-refractivity contribution is 0.0600. The maximum atomic E-state index is 11.4. The summed E-state index contributed by atoms with van der Waals surface area (Å²) in [5.41, 5.74) is 6.97. The van der Waals surface area contributed by atoms with E-state index in [4.69, 9.17) is 10.5 Å². The van der Waals surface area contributed by atoms with Gasteiger partial charge < -0.3 is 15.2 Å². The molecule has 0 aliphatic rings. The maximum Gasteiger partial charge on any atom is 0.337 e. The number of nitrogen functional groups attached to an aromatic ring is 1. The van der Waals surface area contributed by atoms with Crippen molar-refractivity contribution in [2.45, 2.75) is 27.2 Å². The highest BCUT2D eigenvalue weighted by molar-refractivity contribution is 5.90. The molecule has 0 aromatic heterocycles. The quantitative estimate of drug-likeness (QED) is 0.660. The van der Waals surface area contributed by atoms with Gasteiger partial charge in [0.1, 0.15) is 5.75 Å². The van der Waals surface area contributed by atoms with Crippen molar-refractivity contribution < 1.29 is 14.3 Å². The van der Waals surface area contributed by atoms with E-state index in [1.165, 1.54) is 7.11 Å². The highest BCUT2D eigenvalue weighted by Crippen LogP contribution is 2.25. The summed E-state index contributed by atoms with van der Waals surface area (Å²) in [5.74, 6) is 0.137. The second kappa shape index (κ2) is 5.76. The predicted molar refractivity (Wildman–Crippen MR) is 71.8 cm³/mol. The van der Waals surface area contributed by atoms with Crippen LogP contribution in [0.15, 0.2) is 18.2 Å². The molecule has 0 bridgehead atoms. The highest BCUT2D eigenvalue weighted by Gasteiger charge is 2.12. The van der Waals surface area contributed by atoms with Gasteiger partial charge in [0.2, 0.25) is 0 Å². The lowest BCUT2D eigenvalue weighted by Gasteiger charge is -2.18. The molecule has 0 saturated carbocycles. The summed E-state index contributed by atoms with van der Waals surface area (Å²) in [7, 11) is 1.35. The van der Waals surface area contributed by atoms with Gasteiger partial charge >= 0.3 is 5.97 Å². The van der Waals surface area contributed by atoms with Crippen LogP contribution in [0.5, 0.6) is 5.75 Å². The van der Waals surface area contributed by atoms with Crippen molar-refractivity contribution in [3.63, 3.8) is 0 Å². The van der Waals surface area contributed by atoms with Gasteiger partial charge in [-0.3, -0.25) is 0 Å². The lowest BCUT2D eigenvalue weighted by atomic mass is 9.93. The number of ether oxygens (including phenoxy) is 2. The molecule has 0 heterocycles. The molecule has 0 amide bonds. The van der Waals surface area contributed by atoms with E-state index >= 15 is 0 Å². The first kappa shape index (κ1) is 14.4. The number of rotatable bonds is 4. The van der Waals surface area contributed by atoms with E-state index in [1.807, 2.05) is 0 Å². The molecule has 0 saturated heterocycles. The molecule has 0 atom stereocenters. The largest absolute Gasteiger partial charge is 0.491 e. The number of methoxy groups -OCH3 is 1. The third-order valence-electron chi connectivity index (χ3n) is 2.54. The second-order valence-corrected chi connectivity index (χ2v) is 5.40. The van der Waals surface area contributed by atoms with E-state index in [9.17, 15) is 4.79 Å². The van der Waals surface area contributed by atoms with Crippen LogP contribution >= 0.6 is 0 Å². The number of carbonyl (C=O) groups excluding carboxylic acids is 1. The zero-order valence-corrected chi connectivity index (χ0v) is 11.4. The van der Waals surface area contributed by atoms with Gasteiger partial charge in [-0.15, -0.1) is 0 Å². The third-order valence-corrected chi connectivity index (χ3v) is 2.54. The molecule has 0 aliphatic carbocycles. The molecule has 0 unspecified atom stereocenters. The average Bonchev–Trinajstić information content (AvgIpc) is 2.29. The molecule has 100 valence electrons. The number of carbonyl (C=O) groups is 1. The summed E-state index contributed by atoms with van der Waals surface area (Å²) in [5, 5.41) is 0. The van der Waals surface area contributed by atoms with Crippen molar-refractivity contribution in [3.8, 4) is 5.75 Å². The molecule has 4 nitrogen and oxygen atoms in total. The number of hydrogen-bond acceptors (Lipinski definition) is 4. The van der Waals surface area contributed by atoms with Crippen LogP contribution in [0, 0.1) is 5.41 Å². The molecule has 1 rings (SSSR count). The second-order valence-electron chi connectivity index (χ2n) is 5.40. The fourth-order valence-corrected chi connectivity index (χ4v) is 1.37. The Labute approximate surface area is 108 Å². The molecule has 0 spiro atoms. The Kier molecular flexibility index (Phi) is 4.59. The van der Waals surface area contributed by atoms with Crippen LogP contribution in [0.4, 0.5) is 5.69 Å². The fraction of sp³-hybridized carbons (Fsp3) is 0.500. The molecule has 0 radical (unpaired) electrons. The SMILES string of the molecule is COC(=O)c1ccc(N)c(OCCC(C)(C)C)c1. The van der Waals surface area contributed by atoms with Crippen molar-refractivity contribution in [3.05, 3.63) is 23.8 Å². The minimum absolute atomic E-state index is 0.203. The monoisotopic (exact) mass is 251 g/mol. The number of anilines is 1. The van der Waals surface area contributed by atoms with Crippen LogP contribution in [-0.4, -0.2) is 19.7 Å². The Hall–Kier alpha value is -1.71. The summed E-state index contributed by atoms with van der Waals surface area (Å²) < 4.78 is 10.3. The predicted octanol–water partition coefficient (Wildman–Crippen LogP) is 2.87. The standard InChI is InChI=1S/C14H21NO3/c1-14(2,3)7-8-18-12-9-10(13(16)17-4)5-6-11(12)15/h5-6,9H,7-8,15H2,1-4H3. The zero-order chi connectivity index (χ0) is 13.8. The van der Waals surface area contributed by atoms with Gasteiger partial charge in [0.05, 0.1) is 25.0 Å². The Morgan fingerprint density at radius 3 is 2.56 bits per heavy atom. The van der Waals surface area contributed by atoms with Gasteiger partial charge in [0.15, 0.2) is 0 Å². The number of esters is 1. The van der Waals surface area contributed by atoms with Crippen LogP contribution in [0.2, 0.25) is 0 Å². The van der Waals surface area contributed by atoms with E-state index in [2.05, 4.69) is 25.5 Å². The van der Waals surface area contributed by atoms with Crippen molar-refractivity contribution in [2.24, 2.45) is 5.41 Å². The number of nitrogens with two attached hydrogens (primary N) is 1. The number of benzene rings is 1. The summed E-state index contributed by atoms with van der Waals surface area (Å²) >= 11 is 0. The molecule has 2 N–H and O–H groups in total. The molecule has 4 heteroatoms. The van der Waals surface area contributed by atoms with Gasteiger partial charge in [0, 0.05) is 0 Å². The minimum Gasteiger partial charge on any atom is -0.491 e. The molecule has 1 aromatic carbocycles. The van der Waals surface area contributed by atoms with Crippen molar-refractivity contribution in [1.82, 2.24) is 0 Å². The van der Waals surface area contributed by atoms with E-state index < -0.39 is 5.97 Å². The van der Waals surface area contributed by atoms with Crippen LogP contribution in [0.25, 0.3) is 0 Å². The van der Waals surface area contributed by atoms with E-state index in [0.717, 1.165) is 6.42 Å². The Balaban J connectivity index is 2.73. The van der Waals surface area contributed by atoms with Gasteiger partial charge in [-0.25, -0.2) is 4.79 Å². The molecule has 18 heavy (non-hydrogen) atoms. The van der Waals surface area contributed by atoms with E-state index in [1.54, 1.807) is 18.2 Å². The maximum absolute atomic E-state index is 11.4. The highest BCUT2D eigenvalue weighted by atomic mass is 16.5. The summed E-state index contributed by atoms with van der Waals surface area (Å²) in [6.45, 7) is 7.00.